The van der Waals surface area contributed by atoms with Crippen LogP contribution in [0.4, 0.5) is 8.78 Å². The number of fused-ring (bicyclic) bond motifs is 1. The molecule has 0 spiro atoms. The highest BCUT2D eigenvalue weighted by atomic mass is 19.3. The van der Waals surface area contributed by atoms with Gasteiger partial charge in [-0.15, -0.1) is 0 Å². The van der Waals surface area contributed by atoms with E-state index in [4.69, 9.17) is 9.72 Å². The van der Waals surface area contributed by atoms with Crippen molar-refractivity contribution in [3.63, 3.8) is 0 Å². The summed E-state index contributed by atoms with van der Waals surface area (Å²) in [7, 11) is 0. The highest BCUT2D eigenvalue weighted by Gasteiger charge is 2.55. The van der Waals surface area contributed by atoms with Gasteiger partial charge in [-0.2, -0.15) is 0 Å². The molecule has 1 aliphatic heterocycles. The number of halogens is 2. The lowest BCUT2D eigenvalue weighted by atomic mass is 9.69. The zero-order chi connectivity index (χ0) is 24.6. The van der Waals surface area contributed by atoms with Crippen LogP contribution in [0.5, 0.6) is 0 Å². The quantitative estimate of drug-likeness (QED) is 0.354. The summed E-state index contributed by atoms with van der Waals surface area (Å²) in [6, 6.07) is 4.37. The normalized spacial score (nSPS) is 18.8. The lowest BCUT2D eigenvalue weighted by Crippen LogP contribution is -2.50. The molecule has 1 aliphatic carbocycles. The van der Waals surface area contributed by atoms with Gasteiger partial charge in [0, 0.05) is 37.9 Å². The molecule has 2 aliphatic rings. The third kappa shape index (κ3) is 6.83. The molecule has 190 valence electrons. The summed E-state index contributed by atoms with van der Waals surface area (Å²) in [5.41, 5.74) is 2.01. The summed E-state index contributed by atoms with van der Waals surface area (Å²) in [5, 5.41) is 9.59. The molecule has 2 heterocycles. The summed E-state index contributed by atoms with van der Waals surface area (Å²) in [6.45, 7) is 0.980. The van der Waals surface area contributed by atoms with Crippen LogP contribution in [0.3, 0.4) is 0 Å². The van der Waals surface area contributed by atoms with Gasteiger partial charge >= 0.3 is 5.97 Å². The number of nitrogens with zero attached hydrogens (tertiary/aromatic N) is 1. The van der Waals surface area contributed by atoms with Crippen LogP contribution in [0.1, 0.15) is 94.5 Å². The third-order valence-corrected chi connectivity index (χ3v) is 7.72. The van der Waals surface area contributed by atoms with Crippen molar-refractivity contribution in [3.8, 4) is 0 Å². The van der Waals surface area contributed by atoms with Gasteiger partial charge < -0.3 is 9.84 Å². The van der Waals surface area contributed by atoms with Crippen molar-refractivity contribution < 1.29 is 28.2 Å². The van der Waals surface area contributed by atoms with Gasteiger partial charge in [-0.25, -0.2) is 8.78 Å². The van der Waals surface area contributed by atoms with E-state index in [-0.39, 0.29) is 32.5 Å². The Hall–Kier alpha value is -1.89. The fourth-order valence-corrected chi connectivity index (χ4v) is 5.41. The van der Waals surface area contributed by atoms with Gasteiger partial charge in [-0.3, -0.25) is 14.6 Å². The number of carbonyl (C=O) groups is 2. The van der Waals surface area contributed by atoms with Crippen LogP contribution < -0.4 is 0 Å². The first-order valence-electron chi connectivity index (χ1n) is 12.9. The Morgan fingerprint density at radius 3 is 2.47 bits per heavy atom. The second-order valence-corrected chi connectivity index (χ2v) is 10.2. The third-order valence-electron chi connectivity index (χ3n) is 7.72. The second kappa shape index (κ2) is 12.2. The molecule has 1 aromatic heterocycles. The smallest absolute Gasteiger partial charge is 0.306 e. The van der Waals surface area contributed by atoms with Crippen molar-refractivity contribution in [2.45, 2.75) is 103 Å². The average molecular weight is 480 g/mol. The number of hydrogen-bond acceptors (Lipinski definition) is 4. The van der Waals surface area contributed by atoms with Crippen molar-refractivity contribution >= 4 is 11.8 Å². The van der Waals surface area contributed by atoms with E-state index < -0.39 is 29.0 Å². The molecule has 1 atom stereocenters. The van der Waals surface area contributed by atoms with Crippen molar-refractivity contribution in [1.82, 2.24) is 4.98 Å². The molecule has 0 bridgehead atoms. The van der Waals surface area contributed by atoms with Crippen LogP contribution in [0.15, 0.2) is 12.1 Å². The molecule has 0 saturated carbocycles. The Morgan fingerprint density at radius 1 is 1.09 bits per heavy atom. The van der Waals surface area contributed by atoms with Gasteiger partial charge in [0.1, 0.15) is 5.78 Å². The number of carboxylic acid groups (broad SMARTS) is 1. The molecule has 1 N–H and O–H groups in total. The molecule has 5 nitrogen and oxygen atoms in total. The average Bonchev–Trinajstić information content (AvgIpc) is 2.82. The SMILES string of the molecule is CC(F)(F)C1(C(=O)C[C@@H](CCCCCCCc2ccc3c(n2)CCCC3)C(=O)O)CCOCC1. The molecule has 1 fully saturated rings. The number of rotatable bonds is 13. The Bertz CT molecular complexity index is 830. The Labute approximate surface area is 201 Å². The number of carboxylic acids is 1. The van der Waals surface area contributed by atoms with E-state index >= 15 is 0 Å². The molecule has 1 saturated heterocycles. The first kappa shape index (κ1) is 26.7. The highest BCUT2D eigenvalue weighted by molar-refractivity contribution is 5.89. The van der Waals surface area contributed by atoms with E-state index in [1.54, 1.807) is 0 Å². The predicted molar refractivity (Wildman–Crippen MR) is 126 cm³/mol. The number of ether oxygens (including phenoxy) is 1. The van der Waals surface area contributed by atoms with Crippen LogP contribution in [-0.2, 0) is 33.6 Å². The summed E-state index contributed by atoms with van der Waals surface area (Å²) >= 11 is 0. The monoisotopic (exact) mass is 479 g/mol. The predicted octanol–water partition coefficient (Wildman–Crippen LogP) is 5.96. The zero-order valence-corrected chi connectivity index (χ0v) is 20.4. The van der Waals surface area contributed by atoms with Crippen molar-refractivity contribution in [1.29, 1.82) is 0 Å². The summed E-state index contributed by atoms with van der Waals surface area (Å²) < 4.78 is 33.9. The molecular formula is C27H39F2NO4. The lowest BCUT2D eigenvalue weighted by molar-refractivity contribution is -0.175. The van der Waals surface area contributed by atoms with Crippen LogP contribution in [-0.4, -0.2) is 41.0 Å². The fourth-order valence-electron chi connectivity index (χ4n) is 5.41. The number of Topliss-reactive ketones (excluding diaryl/α,β-unsaturated/α-hetero) is 1. The summed E-state index contributed by atoms with van der Waals surface area (Å²) in [5.74, 6) is -5.81. The minimum Gasteiger partial charge on any atom is -0.481 e. The Kier molecular flexibility index (Phi) is 9.57. The molecular weight excluding hydrogens is 440 g/mol. The lowest BCUT2D eigenvalue weighted by Gasteiger charge is -2.40. The minimum absolute atomic E-state index is 0.0548. The van der Waals surface area contributed by atoms with Crippen LogP contribution in [0.2, 0.25) is 0 Å². The second-order valence-electron chi connectivity index (χ2n) is 10.2. The molecule has 0 radical (unpaired) electrons. The van der Waals surface area contributed by atoms with E-state index in [0.717, 1.165) is 57.6 Å². The number of hydrogen-bond donors (Lipinski definition) is 1. The molecule has 34 heavy (non-hydrogen) atoms. The molecule has 0 aromatic carbocycles. The number of ketones is 1. The zero-order valence-electron chi connectivity index (χ0n) is 20.4. The highest BCUT2D eigenvalue weighted by Crippen LogP contribution is 2.46. The van der Waals surface area contributed by atoms with E-state index in [1.165, 1.54) is 24.1 Å². The fraction of sp³-hybridized carbons (Fsp3) is 0.741. The van der Waals surface area contributed by atoms with Gasteiger partial charge in [0.25, 0.3) is 5.92 Å². The Balaban J connectivity index is 1.38. The number of aromatic nitrogens is 1. The van der Waals surface area contributed by atoms with Crippen molar-refractivity contribution in [2.75, 3.05) is 13.2 Å². The maximum Gasteiger partial charge on any atom is 0.306 e. The molecule has 0 unspecified atom stereocenters. The number of pyridine rings is 1. The summed E-state index contributed by atoms with van der Waals surface area (Å²) in [4.78, 5) is 29.4. The molecule has 3 rings (SSSR count). The summed E-state index contributed by atoms with van der Waals surface area (Å²) in [6.07, 6.45) is 10.2. The van der Waals surface area contributed by atoms with E-state index in [1.807, 2.05) is 0 Å². The number of alkyl halides is 2. The van der Waals surface area contributed by atoms with Gasteiger partial charge in [0.15, 0.2) is 0 Å². The molecule has 7 heteroatoms. The van der Waals surface area contributed by atoms with E-state index in [0.29, 0.717) is 12.8 Å². The maximum atomic E-state index is 14.4. The van der Waals surface area contributed by atoms with Crippen LogP contribution in [0, 0.1) is 11.3 Å². The van der Waals surface area contributed by atoms with E-state index in [2.05, 4.69) is 12.1 Å². The van der Waals surface area contributed by atoms with Crippen LogP contribution >= 0.6 is 0 Å². The van der Waals surface area contributed by atoms with Gasteiger partial charge in [-0.05, 0) is 69.4 Å². The van der Waals surface area contributed by atoms with Gasteiger partial charge in [-0.1, -0.05) is 31.7 Å². The minimum atomic E-state index is -3.19. The number of aliphatic carboxylic acids is 1. The number of unbranched alkanes of at least 4 members (excludes halogenated alkanes) is 4. The number of aryl methyl sites for hydroxylation is 3. The van der Waals surface area contributed by atoms with Crippen LogP contribution in [0.25, 0.3) is 0 Å². The topological polar surface area (TPSA) is 76.5 Å². The van der Waals surface area contributed by atoms with Gasteiger partial charge in [0.2, 0.25) is 0 Å². The Morgan fingerprint density at radius 2 is 1.76 bits per heavy atom. The first-order chi connectivity index (χ1) is 16.2. The van der Waals surface area contributed by atoms with Crippen molar-refractivity contribution in [2.24, 2.45) is 11.3 Å². The number of carbonyl (C=O) groups excluding carboxylic acids is 1. The van der Waals surface area contributed by atoms with Crippen molar-refractivity contribution in [3.05, 3.63) is 29.1 Å². The van der Waals surface area contributed by atoms with E-state index in [9.17, 15) is 23.5 Å². The molecule has 1 aromatic rings. The van der Waals surface area contributed by atoms with Gasteiger partial charge in [0.05, 0.1) is 11.3 Å². The largest absolute Gasteiger partial charge is 0.481 e. The first-order valence-corrected chi connectivity index (χ1v) is 12.9. The maximum absolute atomic E-state index is 14.4. The standard InChI is InChI=1S/C27H39F2NO4/c1-26(28,29)27(15-17-34-18-16-27)24(31)19-21(25(32)33)10-5-3-2-4-6-11-22-14-13-20-9-7-8-12-23(20)30-22/h13-14,21H,2-12,15-19H2,1H3,(H,32,33)/t21-/m1/s1. The molecule has 0 amide bonds.